The molecule has 0 radical (unpaired) electrons. The van der Waals surface area contributed by atoms with Crippen molar-refractivity contribution in [1.29, 1.82) is 0 Å². The van der Waals surface area contributed by atoms with Crippen molar-refractivity contribution in [1.82, 2.24) is 15.1 Å². The van der Waals surface area contributed by atoms with E-state index in [0.717, 1.165) is 44.9 Å². The molecule has 0 unspecified atom stereocenters. The Morgan fingerprint density at radius 3 is 2.30 bits per heavy atom. The second-order valence-corrected chi connectivity index (χ2v) is 7.91. The molecule has 2 aliphatic heterocycles. The van der Waals surface area contributed by atoms with Crippen molar-refractivity contribution in [3.05, 3.63) is 0 Å². The molecule has 3 fully saturated rings. The Labute approximate surface area is 140 Å². The second-order valence-electron chi connectivity index (χ2n) is 7.91. The van der Waals surface area contributed by atoms with E-state index in [0.29, 0.717) is 18.2 Å². The van der Waals surface area contributed by atoms with Gasteiger partial charge in [0, 0.05) is 25.7 Å². The monoisotopic (exact) mass is 323 g/mol. The SMILES string of the molecule is C[C@@H]1CN(CC2CCN([C@H](C)C(=O)NC3CC3)CC2)C[C@@H](C)O1. The Bertz CT molecular complexity index is 395. The number of piperidine rings is 1. The molecule has 5 nitrogen and oxygen atoms in total. The van der Waals surface area contributed by atoms with Gasteiger partial charge < -0.3 is 10.1 Å². The minimum Gasteiger partial charge on any atom is -0.373 e. The highest BCUT2D eigenvalue weighted by molar-refractivity contribution is 5.81. The Kier molecular flexibility index (Phi) is 5.60. The topological polar surface area (TPSA) is 44.8 Å². The zero-order valence-electron chi connectivity index (χ0n) is 15.0. The highest BCUT2D eigenvalue weighted by atomic mass is 16.5. The lowest BCUT2D eigenvalue weighted by Crippen LogP contribution is -2.51. The highest BCUT2D eigenvalue weighted by Gasteiger charge is 2.31. The first kappa shape index (κ1) is 17.2. The molecule has 2 saturated heterocycles. The van der Waals surface area contributed by atoms with Gasteiger partial charge in [0.05, 0.1) is 18.2 Å². The maximum absolute atomic E-state index is 12.2. The third kappa shape index (κ3) is 4.91. The van der Waals surface area contributed by atoms with Crippen molar-refractivity contribution in [2.45, 2.75) is 70.7 Å². The number of ether oxygens (including phenoxy) is 1. The van der Waals surface area contributed by atoms with Crippen molar-refractivity contribution < 1.29 is 9.53 Å². The lowest BCUT2D eigenvalue weighted by atomic mass is 9.94. The molecule has 5 heteroatoms. The normalized spacial score (nSPS) is 32.7. The lowest BCUT2D eigenvalue weighted by molar-refractivity contribution is -0.126. The van der Waals surface area contributed by atoms with Crippen molar-refractivity contribution in [2.75, 3.05) is 32.7 Å². The van der Waals surface area contributed by atoms with E-state index in [9.17, 15) is 4.79 Å². The molecule has 1 amide bonds. The minimum absolute atomic E-state index is 0.0278. The number of amides is 1. The summed E-state index contributed by atoms with van der Waals surface area (Å²) in [7, 11) is 0. The summed E-state index contributed by atoms with van der Waals surface area (Å²) < 4.78 is 5.82. The molecule has 3 atom stereocenters. The number of hydrogen-bond donors (Lipinski definition) is 1. The van der Waals surface area contributed by atoms with Gasteiger partial charge in [-0.2, -0.15) is 0 Å². The van der Waals surface area contributed by atoms with Crippen LogP contribution in [0, 0.1) is 5.92 Å². The summed E-state index contributed by atoms with van der Waals surface area (Å²) in [5.41, 5.74) is 0. The fourth-order valence-corrected chi connectivity index (χ4v) is 4.04. The molecule has 1 N–H and O–H groups in total. The number of rotatable bonds is 5. The quantitative estimate of drug-likeness (QED) is 0.832. The van der Waals surface area contributed by atoms with Gasteiger partial charge in [-0.15, -0.1) is 0 Å². The lowest BCUT2D eigenvalue weighted by Gasteiger charge is -2.40. The summed E-state index contributed by atoms with van der Waals surface area (Å²) in [5, 5.41) is 3.13. The Hall–Kier alpha value is -0.650. The van der Waals surface area contributed by atoms with Gasteiger partial charge >= 0.3 is 0 Å². The molecule has 0 aromatic heterocycles. The molecule has 132 valence electrons. The summed E-state index contributed by atoms with van der Waals surface area (Å²) in [6.07, 6.45) is 5.45. The van der Waals surface area contributed by atoms with E-state index in [-0.39, 0.29) is 11.9 Å². The van der Waals surface area contributed by atoms with Crippen LogP contribution >= 0.6 is 0 Å². The molecule has 2 heterocycles. The van der Waals surface area contributed by atoms with Gasteiger partial charge in [-0.1, -0.05) is 0 Å². The van der Waals surface area contributed by atoms with Gasteiger partial charge in [-0.05, 0) is 65.5 Å². The fourth-order valence-electron chi connectivity index (χ4n) is 4.04. The van der Waals surface area contributed by atoms with Gasteiger partial charge in [0.25, 0.3) is 0 Å². The van der Waals surface area contributed by atoms with Crippen LogP contribution in [-0.4, -0.2) is 72.7 Å². The Balaban J connectivity index is 1.40. The van der Waals surface area contributed by atoms with Crippen LogP contribution in [0.5, 0.6) is 0 Å². The number of carbonyl (C=O) groups is 1. The predicted molar refractivity (Wildman–Crippen MR) is 91.4 cm³/mol. The number of likely N-dealkylation sites (tertiary alicyclic amines) is 1. The number of carbonyl (C=O) groups excluding carboxylic acids is 1. The van der Waals surface area contributed by atoms with Crippen LogP contribution in [0.1, 0.15) is 46.5 Å². The average molecular weight is 323 g/mol. The summed E-state index contributed by atoms with van der Waals surface area (Å²) >= 11 is 0. The molecule has 0 bridgehead atoms. The van der Waals surface area contributed by atoms with Gasteiger partial charge in [0.1, 0.15) is 0 Å². The van der Waals surface area contributed by atoms with Crippen LogP contribution in [-0.2, 0) is 9.53 Å². The summed E-state index contributed by atoms with van der Waals surface area (Å²) in [5.74, 6) is 0.990. The summed E-state index contributed by atoms with van der Waals surface area (Å²) in [4.78, 5) is 17.1. The van der Waals surface area contributed by atoms with E-state index < -0.39 is 0 Å². The highest BCUT2D eigenvalue weighted by Crippen LogP contribution is 2.23. The molecular weight excluding hydrogens is 290 g/mol. The molecule has 0 aromatic carbocycles. The van der Waals surface area contributed by atoms with Gasteiger partial charge in [0.15, 0.2) is 0 Å². The first-order valence-electron chi connectivity index (χ1n) is 9.43. The van der Waals surface area contributed by atoms with E-state index in [1.165, 1.54) is 19.4 Å². The summed E-state index contributed by atoms with van der Waals surface area (Å²) in [6, 6.07) is 0.493. The third-order valence-corrected chi connectivity index (χ3v) is 5.51. The predicted octanol–water partition coefficient (Wildman–Crippen LogP) is 1.47. The first-order chi connectivity index (χ1) is 11.0. The van der Waals surface area contributed by atoms with Crippen LogP contribution in [0.25, 0.3) is 0 Å². The summed E-state index contributed by atoms with van der Waals surface area (Å²) in [6.45, 7) is 11.8. The van der Waals surface area contributed by atoms with Crippen LogP contribution in [0.4, 0.5) is 0 Å². The van der Waals surface area contributed by atoms with Gasteiger partial charge in [-0.25, -0.2) is 0 Å². The van der Waals surface area contributed by atoms with Crippen LogP contribution in [0.3, 0.4) is 0 Å². The van der Waals surface area contributed by atoms with Crippen molar-refractivity contribution in [3.63, 3.8) is 0 Å². The average Bonchev–Trinajstić information content (AvgIpc) is 3.30. The van der Waals surface area contributed by atoms with Crippen molar-refractivity contribution >= 4 is 5.91 Å². The van der Waals surface area contributed by atoms with Crippen LogP contribution in [0.2, 0.25) is 0 Å². The van der Waals surface area contributed by atoms with Gasteiger partial charge in [0.2, 0.25) is 5.91 Å². The van der Waals surface area contributed by atoms with Gasteiger partial charge in [-0.3, -0.25) is 14.6 Å². The molecule has 3 rings (SSSR count). The second kappa shape index (κ2) is 7.49. The first-order valence-corrected chi connectivity index (χ1v) is 9.43. The third-order valence-electron chi connectivity index (χ3n) is 5.51. The minimum atomic E-state index is 0.0278. The molecule has 23 heavy (non-hydrogen) atoms. The maximum Gasteiger partial charge on any atom is 0.237 e. The standard InChI is InChI=1S/C18H33N3O2/c1-13-10-20(11-14(2)23-13)12-16-6-8-21(9-7-16)15(3)18(22)19-17-4-5-17/h13-17H,4-12H2,1-3H3,(H,19,22)/t13-,14-,15-/m1/s1. The number of hydrogen-bond acceptors (Lipinski definition) is 4. The largest absolute Gasteiger partial charge is 0.373 e. The zero-order chi connectivity index (χ0) is 16.4. The Morgan fingerprint density at radius 2 is 1.74 bits per heavy atom. The molecule has 3 aliphatic rings. The number of nitrogens with one attached hydrogen (secondary N) is 1. The van der Waals surface area contributed by atoms with E-state index in [4.69, 9.17) is 4.74 Å². The molecular formula is C18H33N3O2. The van der Waals surface area contributed by atoms with E-state index in [1.54, 1.807) is 0 Å². The molecule has 0 spiro atoms. The fraction of sp³-hybridized carbons (Fsp3) is 0.944. The van der Waals surface area contributed by atoms with E-state index in [1.807, 2.05) is 0 Å². The Morgan fingerprint density at radius 1 is 1.13 bits per heavy atom. The number of nitrogens with zero attached hydrogens (tertiary/aromatic N) is 2. The van der Waals surface area contributed by atoms with Crippen LogP contribution in [0.15, 0.2) is 0 Å². The van der Waals surface area contributed by atoms with Crippen molar-refractivity contribution in [3.8, 4) is 0 Å². The zero-order valence-corrected chi connectivity index (χ0v) is 15.0. The van der Waals surface area contributed by atoms with E-state index >= 15 is 0 Å². The number of morpholine rings is 1. The van der Waals surface area contributed by atoms with E-state index in [2.05, 4.69) is 35.9 Å². The maximum atomic E-state index is 12.2. The molecule has 0 aromatic rings. The van der Waals surface area contributed by atoms with Crippen molar-refractivity contribution in [2.24, 2.45) is 5.92 Å². The van der Waals surface area contributed by atoms with Crippen LogP contribution < -0.4 is 5.32 Å². The molecule has 1 aliphatic carbocycles. The molecule has 1 saturated carbocycles. The smallest absolute Gasteiger partial charge is 0.237 e.